The van der Waals surface area contributed by atoms with Crippen molar-refractivity contribution in [1.82, 2.24) is 5.32 Å². The minimum absolute atomic E-state index is 0.159. The van der Waals surface area contributed by atoms with Crippen LogP contribution in [0.4, 0.5) is 0 Å². The Kier molecular flexibility index (Phi) is 2.57. The second-order valence-electron chi connectivity index (χ2n) is 4.19. The molecule has 2 heteroatoms. The van der Waals surface area contributed by atoms with Crippen LogP contribution in [0.2, 0.25) is 0 Å². The quantitative estimate of drug-likeness (QED) is 0.732. The average Bonchev–Trinajstić information content (AvgIpc) is 2.24. The second-order valence-corrected chi connectivity index (χ2v) is 4.19. The van der Waals surface area contributed by atoms with Crippen molar-refractivity contribution in [3.63, 3.8) is 0 Å². The smallest absolute Gasteiger partial charge is 0.103 e. The van der Waals surface area contributed by atoms with Crippen LogP contribution in [-0.2, 0) is 10.3 Å². The Labute approximate surface area is 85.3 Å². The van der Waals surface area contributed by atoms with Crippen LogP contribution in [0.25, 0.3) is 0 Å². The molecule has 1 saturated heterocycles. The van der Waals surface area contributed by atoms with Gasteiger partial charge in [0.05, 0.1) is 6.61 Å². The normalized spacial score (nSPS) is 32.9. The number of rotatable bonds is 1. The molecule has 0 radical (unpaired) electrons. The summed E-state index contributed by atoms with van der Waals surface area (Å²) in [6.07, 6.45) is 0. The van der Waals surface area contributed by atoms with Gasteiger partial charge in [-0.1, -0.05) is 30.3 Å². The fourth-order valence-corrected chi connectivity index (χ4v) is 1.76. The van der Waals surface area contributed by atoms with Gasteiger partial charge in [-0.25, -0.2) is 0 Å². The topological polar surface area (TPSA) is 21.3 Å². The van der Waals surface area contributed by atoms with E-state index >= 15 is 0 Å². The van der Waals surface area contributed by atoms with Crippen molar-refractivity contribution in [2.75, 3.05) is 13.2 Å². The fourth-order valence-electron chi connectivity index (χ4n) is 1.76. The van der Waals surface area contributed by atoms with Gasteiger partial charge in [-0.05, 0) is 19.4 Å². The lowest BCUT2D eigenvalue weighted by molar-refractivity contribution is -0.0728. The van der Waals surface area contributed by atoms with E-state index in [-0.39, 0.29) is 5.60 Å². The molecule has 1 fully saturated rings. The molecule has 2 nitrogen and oxygen atoms in total. The molecule has 2 rings (SSSR count). The van der Waals surface area contributed by atoms with E-state index in [0.717, 1.165) is 13.2 Å². The minimum atomic E-state index is -0.159. The number of ether oxygens (including phenoxy) is 1. The lowest BCUT2D eigenvalue weighted by Gasteiger charge is -2.37. The Morgan fingerprint density at radius 2 is 2.07 bits per heavy atom. The summed E-state index contributed by atoms with van der Waals surface area (Å²) < 4.78 is 5.90. The third-order valence-electron chi connectivity index (χ3n) is 2.82. The minimum Gasteiger partial charge on any atom is -0.368 e. The number of hydrogen-bond acceptors (Lipinski definition) is 2. The largest absolute Gasteiger partial charge is 0.368 e. The summed E-state index contributed by atoms with van der Waals surface area (Å²) in [7, 11) is 0. The lowest BCUT2D eigenvalue weighted by Crippen LogP contribution is -2.50. The van der Waals surface area contributed by atoms with Crippen LogP contribution in [0.3, 0.4) is 0 Å². The predicted molar refractivity (Wildman–Crippen MR) is 57.2 cm³/mol. The SMILES string of the molecule is CC1COC(C)(c2ccccc2)CN1. The Morgan fingerprint density at radius 3 is 2.64 bits per heavy atom. The standard InChI is InChI=1S/C12H17NO/c1-10-8-14-12(2,9-13-10)11-6-4-3-5-7-11/h3-7,10,13H,8-9H2,1-2H3. The van der Waals surface area contributed by atoms with E-state index in [1.807, 2.05) is 6.07 Å². The van der Waals surface area contributed by atoms with Crippen molar-refractivity contribution in [2.24, 2.45) is 0 Å². The van der Waals surface area contributed by atoms with Gasteiger partial charge in [-0.2, -0.15) is 0 Å². The molecule has 1 aliphatic rings. The average molecular weight is 191 g/mol. The number of benzene rings is 1. The number of morpholine rings is 1. The molecule has 0 aliphatic carbocycles. The predicted octanol–water partition coefficient (Wildman–Crippen LogP) is 1.91. The Morgan fingerprint density at radius 1 is 1.36 bits per heavy atom. The van der Waals surface area contributed by atoms with Crippen molar-refractivity contribution in [3.8, 4) is 0 Å². The van der Waals surface area contributed by atoms with Gasteiger partial charge in [0, 0.05) is 12.6 Å². The zero-order valence-electron chi connectivity index (χ0n) is 8.79. The van der Waals surface area contributed by atoms with Crippen LogP contribution in [0.15, 0.2) is 30.3 Å². The molecular formula is C12H17NO. The molecule has 0 aromatic heterocycles. The molecule has 0 saturated carbocycles. The van der Waals surface area contributed by atoms with Crippen molar-refractivity contribution in [2.45, 2.75) is 25.5 Å². The first-order chi connectivity index (χ1) is 6.71. The summed E-state index contributed by atoms with van der Waals surface area (Å²) in [6.45, 7) is 5.95. The van der Waals surface area contributed by atoms with Crippen LogP contribution >= 0.6 is 0 Å². The van der Waals surface area contributed by atoms with Gasteiger partial charge in [-0.15, -0.1) is 0 Å². The Hall–Kier alpha value is -0.860. The van der Waals surface area contributed by atoms with Crippen molar-refractivity contribution in [3.05, 3.63) is 35.9 Å². The molecule has 2 unspecified atom stereocenters. The van der Waals surface area contributed by atoms with Gasteiger partial charge in [0.1, 0.15) is 5.60 Å². The fraction of sp³-hybridized carbons (Fsp3) is 0.500. The van der Waals surface area contributed by atoms with E-state index in [9.17, 15) is 0 Å². The van der Waals surface area contributed by atoms with E-state index in [4.69, 9.17) is 4.74 Å². The van der Waals surface area contributed by atoms with Crippen molar-refractivity contribution >= 4 is 0 Å². The van der Waals surface area contributed by atoms with Gasteiger partial charge < -0.3 is 10.1 Å². The maximum absolute atomic E-state index is 5.90. The molecule has 0 spiro atoms. The monoisotopic (exact) mass is 191 g/mol. The maximum Gasteiger partial charge on any atom is 0.103 e. The van der Waals surface area contributed by atoms with Gasteiger partial charge in [0.2, 0.25) is 0 Å². The van der Waals surface area contributed by atoms with E-state index in [1.165, 1.54) is 5.56 Å². The molecule has 1 heterocycles. The third-order valence-corrected chi connectivity index (χ3v) is 2.82. The Balaban J connectivity index is 2.17. The molecule has 0 amide bonds. The highest BCUT2D eigenvalue weighted by Gasteiger charge is 2.31. The number of nitrogens with one attached hydrogen (secondary N) is 1. The molecule has 1 aromatic carbocycles. The first-order valence-corrected chi connectivity index (χ1v) is 5.13. The molecule has 2 atom stereocenters. The first kappa shape index (κ1) is 9.69. The molecule has 76 valence electrons. The summed E-state index contributed by atoms with van der Waals surface area (Å²) in [5, 5.41) is 3.45. The molecule has 14 heavy (non-hydrogen) atoms. The summed E-state index contributed by atoms with van der Waals surface area (Å²) in [4.78, 5) is 0. The van der Waals surface area contributed by atoms with E-state index < -0.39 is 0 Å². The summed E-state index contributed by atoms with van der Waals surface area (Å²) in [5.41, 5.74) is 1.09. The summed E-state index contributed by atoms with van der Waals surface area (Å²) in [6, 6.07) is 10.9. The van der Waals surface area contributed by atoms with Crippen LogP contribution in [0.1, 0.15) is 19.4 Å². The van der Waals surface area contributed by atoms with Gasteiger partial charge >= 0.3 is 0 Å². The maximum atomic E-state index is 5.90. The molecule has 1 N–H and O–H groups in total. The van der Waals surface area contributed by atoms with Crippen molar-refractivity contribution in [1.29, 1.82) is 0 Å². The van der Waals surface area contributed by atoms with Gasteiger partial charge in [0.25, 0.3) is 0 Å². The summed E-state index contributed by atoms with van der Waals surface area (Å²) >= 11 is 0. The van der Waals surface area contributed by atoms with Crippen LogP contribution in [0, 0.1) is 0 Å². The zero-order valence-corrected chi connectivity index (χ0v) is 8.79. The highest BCUT2D eigenvalue weighted by Crippen LogP contribution is 2.26. The first-order valence-electron chi connectivity index (χ1n) is 5.13. The van der Waals surface area contributed by atoms with Gasteiger partial charge in [0.15, 0.2) is 0 Å². The molecule has 1 aliphatic heterocycles. The van der Waals surface area contributed by atoms with Crippen LogP contribution in [0.5, 0.6) is 0 Å². The molecule has 0 bridgehead atoms. The Bertz CT molecular complexity index is 288. The van der Waals surface area contributed by atoms with Crippen LogP contribution in [-0.4, -0.2) is 19.2 Å². The molecule has 1 aromatic rings. The van der Waals surface area contributed by atoms with E-state index in [1.54, 1.807) is 0 Å². The number of hydrogen-bond donors (Lipinski definition) is 1. The second kappa shape index (κ2) is 3.71. The van der Waals surface area contributed by atoms with E-state index in [0.29, 0.717) is 6.04 Å². The molecular weight excluding hydrogens is 174 g/mol. The van der Waals surface area contributed by atoms with E-state index in [2.05, 4.69) is 43.4 Å². The highest BCUT2D eigenvalue weighted by molar-refractivity contribution is 5.22. The van der Waals surface area contributed by atoms with Crippen molar-refractivity contribution < 1.29 is 4.74 Å². The highest BCUT2D eigenvalue weighted by atomic mass is 16.5. The van der Waals surface area contributed by atoms with Crippen LogP contribution < -0.4 is 5.32 Å². The summed E-state index contributed by atoms with van der Waals surface area (Å²) in [5.74, 6) is 0. The zero-order chi connectivity index (χ0) is 10.0. The third kappa shape index (κ3) is 1.81. The lowest BCUT2D eigenvalue weighted by atomic mass is 9.94. The van der Waals surface area contributed by atoms with Gasteiger partial charge in [-0.3, -0.25) is 0 Å².